The fourth-order valence-electron chi connectivity index (χ4n) is 2.29. The second-order valence-corrected chi connectivity index (χ2v) is 5.54. The molecule has 0 aliphatic rings. The summed E-state index contributed by atoms with van der Waals surface area (Å²) in [4.78, 5) is 16.6. The highest BCUT2D eigenvalue weighted by molar-refractivity contribution is 6.30. The van der Waals surface area contributed by atoms with E-state index < -0.39 is 0 Å². The van der Waals surface area contributed by atoms with Gasteiger partial charge in [-0.2, -0.15) is 5.10 Å². The Morgan fingerprint density at radius 3 is 2.91 bits per heavy atom. The summed E-state index contributed by atoms with van der Waals surface area (Å²) in [6.45, 7) is 0.378. The predicted octanol–water partition coefficient (Wildman–Crippen LogP) is 3.07. The fourth-order valence-corrected chi connectivity index (χ4v) is 2.48. The number of nitrogens with zero attached hydrogens (tertiary/aromatic N) is 3. The highest BCUT2D eigenvalue weighted by atomic mass is 35.5. The number of hydrogen-bond acceptors (Lipinski definition) is 3. The molecule has 1 aromatic carbocycles. The minimum Gasteiger partial charge on any atom is -0.348 e. The number of pyridine rings is 1. The van der Waals surface area contributed by atoms with E-state index in [1.54, 1.807) is 41.3 Å². The van der Waals surface area contributed by atoms with Gasteiger partial charge in [0.1, 0.15) is 0 Å². The van der Waals surface area contributed by atoms with E-state index in [0.717, 1.165) is 16.8 Å². The third-order valence-corrected chi connectivity index (χ3v) is 3.63. The van der Waals surface area contributed by atoms with Gasteiger partial charge in [0.05, 0.1) is 11.9 Å². The normalized spacial score (nSPS) is 10.5. The number of hydrogen-bond donors (Lipinski definition) is 1. The molecule has 0 unspecified atom stereocenters. The van der Waals surface area contributed by atoms with E-state index in [1.807, 2.05) is 25.4 Å². The zero-order chi connectivity index (χ0) is 16.2. The lowest BCUT2D eigenvalue weighted by molar-refractivity contribution is 0.0951. The molecule has 3 aromatic rings. The number of carbonyl (C=O) groups excluding carboxylic acids is 1. The Hall–Kier alpha value is -2.66. The van der Waals surface area contributed by atoms with E-state index in [2.05, 4.69) is 15.4 Å². The van der Waals surface area contributed by atoms with Gasteiger partial charge in [0.15, 0.2) is 0 Å². The van der Waals surface area contributed by atoms with Gasteiger partial charge in [-0.15, -0.1) is 0 Å². The van der Waals surface area contributed by atoms with E-state index >= 15 is 0 Å². The zero-order valence-corrected chi connectivity index (χ0v) is 13.3. The lowest BCUT2D eigenvalue weighted by Gasteiger charge is -2.09. The van der Waals surface area contributed by atoms with Crippen LogP contribution in [0.5, 0.6) is 0 Å². The van der Waals surface area contributed by atoms with Gasteiger partial charge in [0, 0.05) is 42.1 Å². The molecule has 0 spiro atoms. The molecule has 5 nitrogen and oxygen atoms in total. The molecule has 3 rings (SSSR count). The van der Waals surface area contributed by atoms with Crippen molar-refractivity contribution in [2.45, 2.75) is 6.54 Å². The van der Waals surface area contributed by atoms with Crippen molar-refractivity contribution in [2.75, 3.05) is 0 Å². The van der Waals surface area contributed by atoms with Crippen LogP contribution in [-0.2, 0) is 13.6 Å². The molecule has 0 fully saturated rings. The number of halogens is 1. The summed E-state index contributed by atoms with van der Waals surface area (Å²) in [5, 5.41) is 7.59. The van der Waals surface area contributed by atoms with Crippen molar-refractivity contribution in [3.8, 4) is 11.3 Å². The van der Waals surface area contributed by atoms with Crippen LogP contribution in [0.1, 0.15) is 15.9 Å². The lowest BCUT2D eigenvalue weighted by atomic mass is 10.1. The van der Waals surface area contributed by atoms with Crippen molar-refractivity contribution in [1.82, 2.24) is 20.1 Å². The molecule has 0 aliphatic heterocycles. The molecule has 2 heterocycles. The van der Waals surface area contributed by atoms with Crippen LogP contribution in [0.15, 0.2) is 55.0 Å². The molecule has 0 bridgehead atoms. The Kier molecular flexibility index (Phi) is 4.39. The summed E-state index contributed by atoms with van der Waals surface area (Å²) in [6, 6.07) is 10.6. The fraction of sp³-hybridized carbons (Fsp3) is 0.118. The molecule has 0 aliphatic carbocycles. The van der Waals surface area contributed by atoms with E-state index in [9.17, 15) is 4.79 Å². The monoisotopic (exact) mass is 326 g/mol. The average molecular weight is 327 g/mol. The van der Waals surface area contributed by atoms with Crippen molar-refractivity contribution in [3.05, 3.63) is 71.1 Å². The third-order valence-electron chi connectivity index (χ3n) is 3.40. The third kappa shape index (κ3) is 3.57. The van der Waals surface area contributed by atoms with Crippen molar-refractivity contribution in [1.29, 1.82) is 0 Å². The maximum atomic E-state index is 12.2. The quantitative estimate of drug-likeness (QED) is 0.801. The largest absolute Gasteiger partial charge is 0.348 e. The lowest BCUT2D eigenvalue weighted by Crippen LogP contribution is -2.23. The number of aryl methyl sites for hydroxylation is 1. The Morgan fingerprint density at radius 1 is 1.30 bits per heavy atom. The smallest absolute Gasteiger partial charge is 0.251 e. The first-order valence-electron chi connectivity index (χ1n) is 7.10. The van der Waals surface area contributed by atoms with Gasteiger partial charge in [0.2, 0.25) is 0 Å². The summed E-state index contributed by atoms with van der Waals surface area (Å²) >= 11 is 5.91. The van der Waals surface area contributed by atoms with Gasteiger partial charge in [0.25, 0.3) is 5.91 Å². The van der Waals surface area contributed by atoms with E-state index in [4.69, 9.17) is 11.6 Å². The molecule has 0 saturated heterocycles. The molecule has 1 amide bonds. The second-order valence-electron chi connectivity index (χ2n) is 5.11. The van der Waals surface area contributed by atoms with Gasteiger partial charge in [-0.25, -0.2) is 0 Å². The van der Waals surface area contributed by atoms with E-state index in [0.29, 0.717) is 17.1 Å². The summed E-state index contributed by atoms with van der Waals surface area (Å²) in [5.74, 6) is -0.173. The Bertz CT molecular complexity index is 844. The van der Waals surface area contributed by atoms with Crippen molar-refractivity contribution < 1.29 is 4.79 Å². The highest BCUT2D eigenvalue weighted by Crippen LogP contribution is 2.20. The maximum Gasteiger partial charge on any atom is 0.251 e. The molecular formula is C17H15ClN4O. The molecule has 1 N–H and O–H groups in total. The summed E-state index contributed by atoms with van der Waals surface area (Å²) in [7, 11) is 1.85. The molecule has 0 radical (unpaired) electrons. The zero-order valence-electron chi connectivity index (χ0n) is 12.5. The Labute approximate surface area is 138 Å². The number of nitrogens with one attached hydrogen (secondary N) is 1. The SMILES string of the molecule is Cn1cc(-c2ncccc2CNC(=O)c2cccc(Cl)c2)cn1. The van der Waals surface area contributed by atoms with Crippen LogP contribution < -0.4 is 5.32 Å². The minimum absolute atomic E-state index is 0.173. The molecule has 116 valence electrons. The van der Waals surface area contributed by atoms with Crippen LogP contribution in [0, 0.1) is 0 Å². The first kappa shape index (κ1) is 15.2. The number of amides is 1. The molecule has 23 heavy (non-hydrogen) atoms. The minimum atomic E-state index is -0.173. The second kappa shape index (κ2) is 6.62. The molecule has 0 saturated carbocycles. The number of aromatic nitrogens is 3. The van der Waals surface area contributed by atoms with Crippen molar-refractivity contribution >= 4 is 17.5 Å². The van der Waals surface area contributed by atoms with Gasteiger partial charge in [-0.3, -0.25) is 14.5 Å². The first-order valence-corrected chi connectivity index (χ1v) is 7.48. The molecular weight excluding hydrogens is 312 g/mol. The number of carbonyl (C=O) groups is 1. The van der Waals surface area contributed by atoms with Gasteiger partial charge < -0.3 is 5.32 Å². The van der Waals surface area contributed by atoms with Crippen LogP contribution in [-0.4, -0.2) is 20.7 Å². The standard InChI is InChI=1S/C17H15ClN4O/c1-22-11-14(10-21-22)16-13(5-3-7-19-16)9-20-17(23)12-4-2-6-15(18)8-12/h2-8,10-11H,9H2,1H3,(H,20,23). The van der Waals surface area contributed by atoms with Gasteiger partial charge in [-0.05, 0) is 29.8 Å². The van der Waals surface area contributed by atoms with Crippen LogP contribution in [0.2, 0.25) is 5.02 Å². The summed E-state index contributed by atoms with van der Waals surface area (Å²) in [5.41, 5.74) is 3.19. The molecule has 0 atom stereocenters. The van der Waals surface area contributed by atoms with Crippen LogP contribution in [0.3, 0.4) is 0 Å². The first-order chi connectivity index (χ1) is 11.1. The predicted molar refractivity (Wildman–Crippen MR) is 89.1 cm³/mol. The van der Waals surface area contributed by atoms with Crippen LogP contribution >= 0.6 is 11.6 Å². The maximum absolute atomic E-state index is 12.2. The summed E-state index contributed by atoms with van der Waals surface area (Å²) < 4.78 is 1.72. The van der Waals surface area contributed by atoms with Crippen molar-refractivity contribution in [3.63, 3.8) is 0 Å². The Balaban J connectivity index is 1.77. The Morgan fingerprint density at radius 2 is 2.17 bits per heavy atom. The average Bonchev–Trinajstić information content (AvgIpc) is 2.99. The van der Waals surface area contributed by atoms with Crippen LogP contribution in [0.25, 0.3) is 11.3 Å². The number of benzene rings is 1. The van der Waals surface area contributed by atoms with Crippen LogP contribution in [0.4, 0.5) is 0 Å². The topological polar surface area (TPSA) is 59.8 Å². The number of rotatable bonds is 4. The van der Waals surface area contributed by atoms with E-state index in [1.165, 1.54) is 0 Å². The van der Waals surface area contributed by atoms with E-state index in [-0.39, 0.29) is 5.91 Å². The van der Waals surface area contributed by atoms with Gasteiger partial charge in [-0.1, -0.05) is 23.7 Å². The molecule has 6 heteroatoms. The highest BCUT2D eigenvalue weighted by Gasteiger charge is 2.10. The van der Waals surface area contributed by atoms with Crippen molar-refractivity contribution in [2.24, 2.45) is 7.05 Å². The summed E-state index contributed by atoms with van der Waals surface area (Å²) in [6.07, 6.45) is 5.37. The van der Waals surface area contributed by atoms with Gasteiger partial charge >= 0.3 is 0 Å². The molecule has 2 aromatic heterocycles.